The number of hydrogen-bond donors (Lipinski definition) is 0. The first-order chi connectivity index (χ1) is 10.9. The van der Waals surface area contributed by atoms with Crippen molar-refractivity contribution >= 4 is 21.8 Å². The van der Waals surface area contributed by atoms with Crippen LogP contribution in [-0.2, 0) is 19.6 Å². The van der Waals surface area contributed by atoms with Crippen molar-refractivity contribution in [3.8, 4) is 0 Å². The summed E-state index contributed by atoms with van der Waals surface area (Å²) in [6.07, 6.45) is 3.53. The number of amides is 2. The second kappa shape index (κ2) is 7.44. The third kappa shape index (κ3) is 4.11. The second-order valence-electron chi connectivity index (χ2n) is 5.97. The largest absolute Gasteiger partial charge is 0.337 e. The van der Waals surface area contributed by atoms with E-state index in [1.54, 1.807) is 4.90 Å². The van der Waals surface area contributed by atoms with Gasteiger partial charge in [0.25, 0.3) is 0 Å². The molecule has 0 N–H and O–H groups in total. The minimum atomic E-state index is -3.15. The lowest BCUT2D eigenvalue weighted by atomic mass is 10.2. The van der Waals surface area contributed by atoms with Gasteiger partial charge in [0.1, 0.15) is 6.54 Å². The lowest BCUT2D eigenvalue weighted by Gasteiger charge is -2.30. The number of sulfonamides is 1. The van der Waals surface area contributed by atoms with E-state index >= 15 is 0 Å². The maximum atomic E-state index is 12.5. The highest BCUT2D eigenvalue weighted by atomic mass is 32.2. The number of carbonyl (C=O) groups excluding carboxylic acids is 2. The van der Waals surface area contributed by atoms with Crippen LogP contribution in [0.1, 0.15) is 26.2 Å². The number of carbonyl (C=O) groups is 2. The van der Waals surface area contributed by atoms with Crippen LogP contribution in [0.15, 0.2) is 12.7 Å². The Kier molecular flexibility index (Phi) is 5.80. The maximum Gasteiger partial charge on any atom is 0.246 e. The number of likely N-dealkylation sites (N-methyl/N-ethyl adjacent to an activating group) is 1. The Hall–Kier alpha value is -1.41. The molecule has 1 atom stereocenters. The molecule has 0 saturated carbocycles. The van der Waals surface area contributed by atoms with Crippen LogP contribution in [0.25, 0.3) is 0 Å². The summed E-state index contributed by atoms with van der Waals surface area (Å²) < 4.78 is 25.4. The number of rotatable bonds is 6. The molecule has 2 aliphatic rings. The highest BCUT2D eigenvalue weighted by molar-refractivity contribution is 7.89. The average Bonchev–Trinajstić information content (AvgIpc) is 3.11. The van der Waals surface area contributed by atoms with Gasteiger partial charge < -0.3 is 9.80 Å². The van der Waals surface area contributed by atoms with E-state index in [1.807, 2.05) is 6.92 Å². The van der Waals surface area contributed by atoms with Gasteiger partial charge in [-0.1, -0.05) is 6.58 Å². The van der Waals surface area contributed by atoms with Gasteiger partial charge in [0.2, 0.25) is 21.8 Å². The molecule has 0 spiro atoms. The molecule has 2 heterocycles. The van der Waals surface area contributed by atoms with E-state index in [0.29, 0.717) is 32.6 Å². The van der Waals surface area contributed by atoms with Gasteiger partial charge in [-0.2, -0.15) is 4.31 Å². The van der Waals surface area contributed by atoms with Crippen LogP contribution >= 0.6 is 0 Å². The van der Waals surface area contributed by atoms with Crippen LogP contribution in [0.4, 0.5) is 0 Å². The Morgan fingerprint density at radius 3 is 2.61 bits per heavy atom. The molecule has 8 heteroatoms. The summed E-state index contributed by atoms with van der Waals surface area (Å²) >= 11 is 0. The zero-order valence-electron chi connectivity index (χ0n) is 13.6. The van der Waals surface area contributed by atoms with Gasteiger partial charge in [-0.05, 0) is 32.3 Å². The lowest BCUT2D eigenvalue weighted by molar-refractivity contribution is -0.138. The summed E-state index contributed by atoms with van der Waals surface area (Å²) in [6.45, 7) is 7.25. The topological polar surface area (TPSA) is 78.0 Å². The van der Waals surface area contributed by atoms with Crippen LogP contribution in [0, 0.1) is 0 Å². The first-order valence-electron chi connectivity index (χ1n) is 8.07. The SMILES string of the molecule is C=CC(=O)N(CC)CC(=O)N1CCC[C@@H]1CN1CCCS1(=O)=O. The predicted molar refractivity (Wildman–Crippen MR) is 87.2 cm³/mol. The number of hydrogen-bond acceptors (Lipinski definition) is 4. The van der Waals surface area contributed by atoms with E-state index in [1.165, 1.54) is 15.3 Å². The summed E-state index contributed by atoms with van der Waals surface area (Å²) in [5.74, 6) is -0.189. The normalized spacial score (nSPS) is 23.9. The van der Waals surface area contributed by atoms with Crippen LogP contribution in [0.5, 0.6) is 0 Å². The first-order valence-corrected chi connectivity index (χ1v) is 9.68. The molecule has 2 rings (SSSR count). The molecule has 0 aromatic heterocycles. The fraction of sp³-hybridized carbons (Fsp3) is 0.733. The molecular weight excluding hydrogens is 318 g/mol. The summed E-state index contributed by atoms with van der Waals surface area (Å²) in [6, 6.07) is -0.0899. The summed E-state index contributed by atoms with van der Waals surface area (Å²) in [7, 11) is -3.15. The number of likely N-dealkylation sites (tertiary alicyclic amines) is 1. The van der Waals surface area contributed by atoms with Crippen LogP contribution in [0.2, 0.25) is 0 Å². The van der Waals surface area contributed by atoms with Gasteiger partial charge in [0.05, 0.1) is 5.75 Å². The second-order valence-corrected chi connectivity index (χ2v) is 8.06. The Balaban J connectivity index is 1.99. The first kappa shape index (κ1) is 17.9. The van der Waals surface area contributed by atoms with Gasteiger partial charge in [0, 0.05) is 32.2 Å². The molecule has 23 heavy (non-hydrogen) atoms. The van der Waals surface area contributed by atoms with E-state index in [0.717, 1.165) is 12.8 Å². The highest BCUT2D eigenvalue weighted by Gasteiger charge is 2.36. The molecular formula is C15H25N3O4S. The van der Waals surface area contributed by atoms with E-state index in [9.17, 15) is 18.0 Å². The quantitative estimate of drug-likeness (QED) is 0.638. The maximum absolute atomic E-state index is 12.5. The van der Waals surface area contributed by atoms with Crippen molar-refractivity contribution in [1.29, 1.82) is 0 Å². The third-order valence-corrected chi connectivity index (χ3v) is 6.43. The van der Waals surface area contributed by atoms with Crippen molar-refractivity contribution in [3.63, 3.8) is 0 Å². The summed E-state index contributed by atoms with van der Waals surface area (Å²) in [4.78, 5) is 27.4. The molecule has 2 amide bonds. The molecule has 0 unspecified atom stereocenters. The Bertz CT molecular complexity index is 575. The zero-order chi connectivity index (χ0) is 17.0. The van der Waals surface area contributed by atoms with E-state index < -0.39 is 10.0 Å². The van der Waals surface area contributed by atoms with Crippen molar-refractivity contribution in [2.45, 2.75) is 32.2 Å². The molecule has 2 aliphatic heterocycles. The van der Waals surface area contributed by atoms with Gasteiger partial charge in [-0.15, -0.1) is 0 Å². The number of nitrogens with zero attached hydrogens (tertiary/aromatic N) is 3. The highest BCUT2D eigenvalue weighted by Crippen LogP contribution is 2.22. The summed E-state index contributed by atoms with van der Waals surface area (Å²) in [5, 5.41) is 0. The molecule has 0 bridgehead atoms. The third-order valence-electron chi connectivity index (χ3n) is 4.51. The Morgan fingerprint density at radius 2 is 2.04 bits per heavy atom. The minimum Gasteiger partial charge on any atom is -0.337 e. The average molecular weight is 343 g/mol. The minimum absolute atomic E-state index is 0.0185. The van der Waals surface area contributed by atoms with E-state index in [4.69, 9.17) is 0 Å². The fourth-order valence-electron chi connectivity index (χ4n) is 3.21. The summed E-state index contributed by atoms with van der Waals surface area (Å²) in [5.41, 5.74) is 0. The fourth-order valence-corrected chi connectivity index (χ4v) is 4.77. The van der Waals surface area contributed by atoms with E-state index in [2.05, 4.69) is 6.58 Å². The molecule has 0 radical (unpaired) electrons. The molecule has 2 fully saturated rings. The monoisotopic (exact) mass is 343 g/mol. The molecule has 0 aromatic carbocycles. The van der Waals surface area contributed by atoms with Crippen LogP contribution in [-0.4, -0.2) is 78.9 Å². The van der Waals surface area contributed by atoms with Crippen molar-refractivity contribution in [3.05, 3.63) is 12.7 Å². The van der Waals surface area contributed by atoms with Gasteiger partial charge in [-0.25, -0.2) is 8.42 Å². The zero-order valence-corrected chi connectivity index (χ0v) is 14.4. The molecule has 2 saturated heterocycles. The van der Waals surface area contributed by atoms with E-state index in [-0.39, 0.29) is 30.2 Å². The van der Waals surface area contributed by atoms with Crippen LogP contribution in [0.3, 0.4) is 0 Å². The van der Waals surface area contributed by atoms with Crippen molar-refractivity contribution in [2.24, 2.45) is 0 Å². The van der Waals surface area contributed by atoms with Crippen LogP contribution < -0.4 is 0 Å². The Labute approximate surface area is 138 Å². The molecule has 130 valence electrons. The standard InChI is InChI=1S/C15H25N3O4S/c1-3-14(19)16(4-2)12-15(20)18-9-5-7-13(18)11-17-8-6-10-23(17,21)22/h3,13H,1,4-12H2,2H3/t13-/m1/s1. The van der Waals surface area contributed by atoms with Crippen molar-refractivity contribution < 1.29 is 18.0 Å². The molecule has 7 nitrogen and oxygen atoms in total. The van der Waals surface area contributed by atoms with Gasteiger partial charge >= 0.3 is 0 Å². The van der Waals surface area contributed by atoms with Crippen molar-refractivity contribution in [1.82, 2.24) is 14.1 Å². The molecule has 0 aliphatic carbocycles. The molecule has 0 aromatic rings. The van der Waals surface area contributed by atoms with Crippen molar-refractivity contribution in [2.75, 3.05) is 38.5 Å². The van der Waals surface area contributed by atoms with Gasteiger partial charge in [0.15, 0.2) is 0 Å². The van der Waals surface area contributed by atoms with Gasteiger partial charge in [-0.3, -0.25) is 9.59 Å². The smallest absolute Gasteiger partial charge is 0.246 e. The predicted octanol–water partition coefficient (Wildman–Crippen LogP) is 0.0474. The Morgan fingerprint density at radius 1 is 1.30 bits per heavy atom. The lowest BCUT2D eigenvalue weighted by Crippen LogP contribution is -2.48.